The molecule has 1 saturated carbocycles. The SMILES string of the molecule is CC1(C)CC1NC(=O)c1ccc(F)cc1C#CCCO. The monoisotopic (exact) mass is 275 g/mol. The summed E-state index contributed by atoms with van der Waals surface area (Å²) in [4.78, 5) is 12.2. The summed E-state index contributed by atoms with van der Waals surface area (Å²) >= 11 is 0. The van der Waals surface area contributed by atoms with Gasteiger partial charge in [0.15, 0.2) is 0 Å². The van der Waals surface area contributed by atoms with Gasteiger partial charge < -0.3 is 10.4 Å². The van der Waals surface area contributed by atoms with Gasteiger partial charge >= 0.3 is 0 Å². The van der Waals surface area contributed by atoms with Gasteiger partial charge in [-0.05, 0) is 30.0 Å². The number of carbonyl (C=O) groups is 1. The van der Waals surface area contributed by atoms with Gasteiger partial charge in [-0.15, -0.1) is 0 Å². The highest BCUT2D eigenvalue weighted by molar-refractivity contribution is 5.97. The highest BCUT2D eigenvalue weighted by Crippen LogP contribution is 2.44. The van der Waals surface area contributed by atoms with E-state index in [0.717, 1.165) is 6.42 Å². The second kappa shape index (κ2) is 5.64. The molecule has 20 heavy (non-hydrogen) atoms. The van der Waals surface area contributed by atoms with Crippen molar-refractivity contribution < 1.29 is 14.3 Å². The van der Waals surface area contributed by atoms with E-state index in [-0.39, 0.29) is 24.0 Å². The van der Waals surface area contributed by atoms with E-state index in [1.807, 2.05) is 0 Å². The van der Waals surface area contributed by atoms with Crippen molar-refractivity contribution in [3.8, 4) is 11.8 Å². The molecule has 2 N–H and O–H groups in total. The molecular formula is C16H18FNO2. The van der Waals surface area contributed by atoms with Gasteiger partial charge in [0.25, 0.3) is 5.91 Å². The zero-order chi connectivity index (χ0) is 14.8. The number of hydrogen-bond donors (Lipinski definition) is 2. The first-order valence-electron chi connectivity index (χ1n) is 6.64. The van der Waals surface area contributed by atoms with Crippen LogP contribution in [0.4, 0.5) is 4.39 Å². The molecule has 1 fully saturated rings. The fraction of sp³-hybridized carbons (Fsp3) is 0.438. The lowest BCUT2D eigenvalue weighted by molar-refractivity contribution is 0.0946. The van der Waals surface area contributed by atoms with Crippen molar-refractivity contribution >= 4 is 5.91 Å². The summed E-state index contributed by atoms with van der Waals surface area (Å²) in [5, 5.41) is 11.6. The lowest BCUT2D eigenvalue weighted by atomic mass is 10.1. The van der Waals surface area contributed by atoms with Crippen molar-refractivity contribution in [1.29, 1.82) is 0 Å². The fourth-order valence-electron chi connectivity index (χ4n) is 1.98. The Morgan fingerprint density at radius 3 is 2.85 bits per heavy atom. The molecule has 0 saturated heterocycles. The first-order valence-corrected chi connectivity index (χ1v) is 6.64. The van der Waals surface area contributed by atoms with Crippen LogP contribution in [-0.4, -0.2) is 23.7 Å². The minimum absolute atomic E-state index is 0.0554. The normalized spacial score (nSPS) is 18.9. The van der Waals surface area contributed by atoms with Gasteiger partial charge in [-0.1, -0.05) is 25.7 Å². The van der Waals surface area contributed by atoms with Crippen LogP contribution in [0.3, 0.4) is 0 Å². The minimum Gasteiger partial charge on any atom is -0.395 e. The lowest BCUT2D eigenvalue weighted by Gasteiger charge is -2.08. The van der Waals surface area contributed by atoms with E-state index in [4.69, 9.17) is 5.11 Å². The summed E-state index contributed by atoms with van der Waals surface area (Å²) in [6.07, 6.45) is 1.25. The molecule has 0 aliphatic heterocycles. The molecule has 1 aromatic carbocycles. The highest BCUT2D eigenvalue weighted by atomic mass is 19.1. The lowest BCUT2D eigenvalue weighted by Crippen LogP contribution is -2.29. The summed E-state index contributed by atoms with van der Waals surface area (Å²) in [7, 11) is 0. The number of carbonyl (C=O) groups excluding carboxylic acids is 1. The van der Waals surface area contributed by atoms with Crippen molar-refractivity contribution in [2.75, 3.05) is 6.61 Å². The fourth-order valence-corrected chi connectivity index (χ4v) is 1.98. The van der Waals surface area contributed by atoms with Crippen LogP contribution in [0.15, 0.2) is 18.2 Å². The maximum atomic E-state index is 13.3. The predicted octanol–water partition coefficient (Wildman–Crippen LogP) is 2.09. The van der Waals surface area contributed by atoms with Gasteiger partial charge in [-0.3, -0.25) is 4.79 Å². The van der Waals surface area contributed by atoms with E-state index < -0.39 is 5.82 Å². The molecule has 1 amide bonds. The summed E-state index contributed by atoms with van der Waals surface area (Å²) in [5.41, 5.74) is 0.868. The Kier molecular flexibility index (Phi) is 4.10. The first-order chi connectivity index (χ1) is 9.44. The molecule has 1 aromatic rings. The van der Waals surface area contributed by atoms with E-state index in [9.17, 15) is 9.18 Å². The van der Waals surface area contributed by atoms with E-state index in [1.165, 1.54) is 18.2 Å². The van der Waals surface area contributed by atoms with Gasteiger partial charge in [0.05, 0.1) is 12.2 Å². The molecule has 0 bridgehead atoms. The number of aliphatic hydroxyl groups is 1. The van der Waals surface area contributed by atoms with Crippen LogP contribution >= 0.6 is 0 Å². The molecule has 4 heteroatoms. The number of aliphatic hydroxyl groups excluding tert-OH is 1. The van der Waals surface area contributed by atoms with Gasteiger partial charge in [0.1, 0.15) is 5.82 Å². The quantitative estimate of drug-likeness (QED) is 0.830. The average Bonchev–Trinajstić information content (AvgIpc) is 2.96. The molecule has 1 unspecified atom stereocenters. The molecule has 1 aliphatic carbocycles. The van der Waals surface area contributed by atoms with Crippen molar-refractivity contribution in [1.82, 2.24) is 5.32 Å². The van der Waals surface area contributed by atoms with Crippen LogP contribution in [0.5, 0.6) is 0 Å². The van der Waals surface area contributed by atoms with Crippen LogP contribution in [-0.2, 0) is 0 Å². The Labute approximate surface area is 118 Å². The summed E-state index contributed by atoms with van der Waals surface area (Å²) in [5.74, 6) is 4.79. The minimum atomic E-state index is -0.429. The topological polar surface area (TPSA) is 49.3 Å². The molecule has 3 nitrogen and oxygen atoms in total. The number of amides is 1. The van der Waals surface area contributed by atoms with E-state index in [0.29, 0.717) is 17.5 Å². The molecular weight excluding hydrogens is 257 g/mol. The molecule has 0 heterocycles. The Morgan fingerprint density at radius 1 is 1.55 bits per heavy atom. The molecule has 1 atom stereocenters. The molecule has 0 radical (unpaired) electrons. The molecule has 0 aromatic heterocycles. The molecule has 1 aliphatic rings. The van der Waals surface area contributed by atoms with Gasteiger partial charge in [0.2, 0.25) is 0 Å². The summed E-state index contributed by atoms with van der Waals surface area (Å²) < 4.78 is 13.3. The van der Waals surface area contributed by atoms with E-state index >= 15 is 0 Å². The average molecular weight is 275 g/mol. The van der Waals surface area contributed by atoms with Crippen LogP contribution in [0.2, 0.25) is 0 Å². The van der Waals surface area contributed by atoms with Gasteiger partial charge in [0, 0.05) is 18.0 Å². The smallest absolute Gasteiger partial charge is 0.252 e. The largest absolute Gasteiger partial charge is 0.395 e. The van der Waals surface area contributed by atoms with Crippen LogP contribution in [0.25, 0.3) is 0 Å². The second-order valence-electron chi connectivity index (χ2n) is 5.68. The van der Waals surface area contributed by atoms with Crippen LogP contribution in [0.1, 0.15) is 42.6 Å². The Hall–Kier alpha value is -1.86. The Balaban J connectivity index is 2.18. The van der Waals surface area contributed by atoms with Gasteiger partial charge in [-0.2, -0.15) is 0 Å². The third kappa shape index (κ3) is 3.37. The zero-order valence-corrected chi connectivity index (χ0v) is 11.7. The number of benzene rings is 1. The molecule has 2 rings (SSSR count). The van der Waals surface area contributed by atoms with Gasteiger partial charge in [-0.25, -0.2) is 4.39 Å². The molecule has 106 valence electrons. The number of nitrogens with one attached hydrogen (secondary N) is 1. The van der Waals surface area contributed by atoms with Crippen LogP contribution in [0, 0.1) is 23.1 Å². The standard InChI is InChI=1S/C16H18FNO2/c1-16(2)10-14(16)18-15(20)13-7-6-12(17)9-11(13)5-3-4-8-19/h6-7,9,14,19H,4,8,10H2,1-2H3,(H,18,20). The summed E-state index contributed by atoms with van der Waals surface area (Å²) in [6.45, 7) is 4.12. The Morgan fingerprint density at radius 2 is 2.25 bits per heavy atom. The highest BCUT2D eigenvalue weighted by Gasteiger charge is 2.46. The zero-order valence-electron chi connectivity index (χ0n) is 11.7. The number of rotatable bonds is 3. The third-order valence-electron chi connectivity index (χ3n) is 3.50. The van der Waals surface area contributed by atoms with Crippen molar-refractivity contribution in [3.05, 3.63) is 35.1 Å². The first kappa shape index (κ1) is 14.5. The second-order valence-corrected chi connectivity index (χ2v) is 5.68. The number of hydrogen-bond acceptors (Lipinski definition) is 2. The number of halogens is 1. The van der Waals surface area contributed by atoms with E-state index in [1.54, 1.807) is 0 Å². The predicted molar refractivity (Wildman–Crippen MR) is 74.6 cm³/mol. The maximum absolute atomic E-state index is 13.3. The third-order valence-corrected chi connectivity index (χ3v) is 3.50. The van der Waals surface area contributed by atoms with Crippen molar-refractivity contribution in [3.63, 3.8) is 0 Å². The van der Waals surface area contributed by atoms with Crippen LogP contribution < -0.4 is 5.32 Å². The molecule has 0 spiro atoms. The van der Waals surface area contributed by atoms with Crippen molar-refractivity contribution in [2.24, 2.45) is 5.41 Å². The summed E-state index contributed by atoms with van der Waals surface area (Å²) in [6, 6.07) is 4.11. The Bertz CT molecular complexity index is 584. The van der Waals surface area contributed by atoms with E-state index in [2.05, 4.69) is 31.0 Å². The maximum Gasteiger partial charge on any atom is 0.252 e. The van der Waals surface area contributed by atoms with Crippen molar-refractivity contribution in [2.45, 2.75) is 32.7 Å².